The number of hydrogen-bond acceptors (Lipinski definition) is 8. The molecule has 5 rings (SSSR count). The molecule has 2 aromatic carbocycles. The Labute approximate surface area is 225 Å². The molecule has 3 heterocycles. The van der Waals surface area contributed by atoms with Crippen molar-refractivity contribution in [2.75, 3.05) is 6.61 Å². The Kier molecular flexibility index (Phi) is 6.88. The largest absolute Gasteiger partial charge is 0.545 e. The lowest BCUT2D eigenvalue weighted by Gasteiger charge is -2.25. The van der Waals surface area contributed by atoms with Crippen molar-refractivity contribution in [2.45, 2.75) is 19.9 Å². The van der Waals surface area contributed by atoms with Crippen LogP contribution in [0.2, 0.25) is 5.02 Å². The molecule has 38 heavy (non-hydrogen) atoms. The molecule has 1 aliphatic rings. The van der Waals surface area contributed by atoms with Crippen LogP contribution in [-0.2, 0) is 9.53 Å². The van der Waals surface area contributed by atoms with Crippen LogP contribution in [0.15, 0.2) is 86.1 Å². The Morgan fingerprint density at radius 3 is 2.63 bits per heavy atom. The van der Waals surface area contributed by atoms with Gasteiger partial charge < -0.3 is 19.1 Å². The highest BCUT2D eigenvalue weighted by Gasteiger charge is 2.34. The molecule has 4 aromatic rings. The van der Waals surface area contributed by atoms with Crippen LogP contribution in [0.4, 0.5) is 0 Å². The maximum absolute atomic E-state index is 13.7. The first-order valence-corrected chi connectivity index (χ1v) is 12.8. The second-order valence-electron chi connectivity index (χ2n) is 8.36. The SMILES string of the molecule is CCOC(=O)C1=C(C)N=c2s/c(=C\c3ccc(-c4ccccc4C(=O)[O-])o3)c(=O)n2[C@H]1c1ccccc1Cl. The summed E-state index contributed by atoms with van der Waals surface area (Å²) in [4.78, 5) is 43.1. The highest BCUT2D eigenvalue weighted by Crippen LogP contribution is 2.34. The molecule has 0 aliphatic carbocycles. The number of carbonyl (C=O) groups is 2. The third-order valence-electron chi connectivity index (χ3n) is 6.03. The topological polar surface area (TPSA) is 114 Å². The maximum Gasteiger partial charge on any atom is 0.338 e. The van der Waals surface area contributed by atoms with E-state index in [0.717, 1.165) is 11.3 Å². The molecule has 0 radical (unpaired) electrons. The lowest BCUT2D eigenvalue weighted by molar-refractivity contribution is -0.255. The summed E-state index contributed by atoms with van der Waals surface area (Å²) in [6.45, 7) is 3.56. The van der Waals surface area contributed by atoms with Gasteiger partial charge in [0.2, 0.25) is 0 Å². The van der Waals surface area contributed by atoms with Crippen molar-refractivity contribution in [1.29, 1.82) is 0 Å². The Morgan fingerprint density at radius 1 is 1.16 bits per heavy atom. The molecule has 10 heteroatoms. The molecule has 0 saturated heterocycles. The summed E-state index contributed by atoms with van der Waals surface area (Å²) >= 11 is 7.66. The summed E-state index contributed by atoms with van der Waals surface area (Å²) in [5.41, 5.74) is 1.20. The number of hydrogen-bond donors (Lipinski definition) is 0. The predicted molar refractivity (Wildman–Crippen MR) is 140 cm³/mol. The number of fused-ring (bicyclic) bond motifs is 1. The van der Waals surface area contributed by atoms with Gasteiger partial charge >= 0.3 is 5.97 Å². The van der Waals surface area contributed by atoms with Gasteiger partial charge in [-0.15, -0.1) is 0 Å². The van der Waals surface area contributed by atoms with Gasteiger partial charge in [-0.05, 0) is 37.6 Å². The lowest BCUT2D eigenvalue weighted by Crippen LogP contribution is -2.40. The molecular formula is C28H20ClN2O6S-. The first kappa shape index (κ1) is 25.4. The molecule has 0 unspecified atom stereocenters. The summed E-state index contributed by atoms with van der Waals surface area (Å²) in [5, 5.41) is 11.9. The van der Waals surface area contributed by atoms with Crippen molar-refractivity contribution in [3.63, 3.8) is 0 Å². The number of rotatable bonds is 6. The second kappa shape index (κ2) is 10.3. The van der Waals surface area contributed by atoms with E-state index in [1.807, 2.05) is 0 Å². The normalized spacial score (nSPS) is 15.2. The summed E-state index contributed by atoms with van der Waals surface area (Å²) in [7, 11) is 0. The minimum Gasteiger partial charge on any atom is -0.545 e. The predicted octanol–water partition coefficient (Wildman–Crippen LogP) is 3.08. The fraction of sp³-hybridized carbons (Fsp3) is 0.143. The minimum absolute atomic E-state index is 0.00511. The molecule has 192 valence electrons. The second-order valence-corrected chi connectivity index (χ2v) is 9.78. The highest BCUT2D eigenvalue weighted by molar-refractivity contribution is 7.07. The molecule has 0 fully saturated rings. The first-order chi connectivity index (χ1) is 18.3. The number of carboxylic acid groups (broad SMARTS) is 1. The number of ether oxygens (including phenoxy) is 1. The number of furan rings is 1. The van der Waals surface area contributed by atoms with Crippen LogP contribution < -0.4 is 20.0 Å². The smallest absolute Gasteiger partial charge is 0.338 e. The van der Waals surface area contributed by atoms with Gasteiger partial charge in [-0.25, -0.2) is 9.79 Å². The molecule has 0 N–H and O–H groups in total. The van der Waals surface area contributed by atoms with Crippen molar-refractivity contribution in [1.82, 2.24) is 4.57 Å². The quantitative estimate of drug-likeness (QED) is 0.343. The molecular weight excluding hydrogens is 528 g/mol. The van der Waals surface area contributed by atoms with E-state index in [2.05, 4.69) is 4.99 Å². The van der Waals surface area contributed by atoms with Gasteiger partial charge in [0.1, 0.15) is 17.6 Å². The van der Waals surface area contributed by atoms with Gasteiger partial charge in [-0.3, -0.25) is 9.36 Å². The number of carbonyl (C=O) groups excluding carboxylic acids is 2. The molecule has 2 aromatic heterocycles. The Morgan fingerprint density at radius 2 is 1.89 bits per heavy atom. The summed E-state index contributed by atoms with van der Waals surface area (Å²) in [6, 6.07) is 15.8. The number of nitrogens with zero attached hydrogens (tertiary/aromatic N) is 2. The van der Waals surface area contributed by atoms with Crippen molar-refractivity contribution in [2.24, 2.45) is 4.99 Å². The van der Waals surface area contributed by atoms with E-state index in [4.69, 9.17) is 20.8 Å². The van der Waals surface area contributed by atoms with Crippen molar-refractivity contribution in [3.05, 3.63) is 114 Å². The summed E-state index contributed by atoms with van der Waals surface area (Å²) in [6.07, 6.45) is 1.56. The van der Waals surface area contributed by atoms with Gasteiger partial charge in [0, 0.05) is 22.2 Å². The number of halogens is 1. The van der Waals surface area contributed by atoms with Crippen LogP contribution in [0.1, 0.15) is 41.6 Å². The minimum atomic E-state index is -1.32. The van der Waals surface area contributed by atoms with E-state index < -0.39 is 18.0 Å². The summed E-state index contributed by atoms with van der Waals surface area (Å²) < 4.78 is 12.9. The molecule has 0 bridgehead atoms. The molecule has 1 aliphatic heterocycles. The van der Waals surface area contributed by atoms with Gasteiger partial charge in [0.25, 0.3) is 5.56 Å². The van der Waals surface area contributed by atoms with Gasteiger partial charge in [-0.1, -0.05) is 65.4 Å². The number of benzene rings is 2. The van der Waals surface area contributed by atoms with Crippen LogP contribution in [0.5, 0.6) is 0 Å². The number of carboxylic acids is 1. The molecule has 1 atom stereocenters. The molecule has 0 amide bonds. The van der Waals surface area contributed by atoms with Crippen LogP contribution in [0.25, 0.3) is 17.4 Å². The van der Waals surface area contributed by atoms with Crippen LogP contribution in [0, 0.1) is 0 Å². The number of allylic oxidation sites excluding steroid dienone is 1. The number of aromatic nitrogens is 1. The van der Waals surface area contributed by atoms with Crippen LogP contribution in [-0.4, -0.2) is 23.1 Å². The lowest BCUT2D eigenvalue weighted by atomic mass is 9.96. The molecule has 8 nitrogen and oxygen atoms in total. The van der Waals surface area contributed by atoms with Crippen LogP contribution in [0.3, 0.4) is 0 Å². The van der Waals surface area contributed by atoms with E-state index in [9.17, 15) is 19.5 Å². The van der Waals surface area contributed by atoms with Gasteiger partial charge in [0.05, 0.1) is 28.4 Å². The average molecular weight is 548 g/mol. The molecule has 0 saturated carbocycles. The van der Waals surface area contributed by atoms with E-state index >= 15 is 0 Å². The van der Waals surface area contributed by atoms with Crippen molar-refractivity contribution in [3.8, 4) is 11.3 Å². The third kappa shape index (κ3) is 4.51. The van der Waals surface area contributed by atoms with Crippen molar-refractivity contribution < 1.29 is 23.8 Å². The maximum atomic E-state index is 13.7. The number of esters is 1. The Balaban J connectivity index is 1.65. The van der Waals surface area contributed by atoms with E-state index in [0.29, 0.717) is 42.7 Å². The Bertz CT molecular complexity index is 1800. The number of thiazole rings is 1. The zero-order chi connectivity index (χ0) is 27.0. The van der Waals surface area contributed by atoms with Crippen molar-refractivity contribution >= 4 is 41.0 Å². The van der Waals surface area contributed by atoms with E-state index in [-0.39, 0.29) is 23.3 Å². The molecule has 0 spiro atoms. The fourth-order valence-electron chi connectivity index (χ4n) is 4.36. The zero-order valence-corrected chi connectivity index (χ0v) is 21.8. The monoisotopic (exact) mass is 547 g/mol. The number of aromatic carboxylic acids is 1. The fourth-order valence-corrected chi connectivity index (χ4v) is 5.63. The highest BCUT2D eigenvalue weighted by atomic mass is 35.5. The van der Waals surface area contributed by atoms with Crippen LogP contribution >= 0.6 is 22.9 Å². The van der Waals surface area contributed by atoms with Gasteiger partial charge in [-0.2, -0.15) is 0 Å². The zero-order valence-electron chi connectivity index (χ0n) is 20.3. The first-order valence-electron chi connectivity index (χ1n) is 11.6. The third-order valence-corrected chi connectivity index (χ3v) is 7.36. The van der Waals surface area contributed by atoms with Gasteiger partial charge in [0.15, 0.2) is 4.80 Å². The average Bonchev–Trinajstić information content (AvgIpc) is 3.48. The van der Waals surface area contributed by atoms with E-state index in [1.165, 1.54) is 10.6 Å². The van der Waals surface area contributed by atoms with E-state index in [1.54, 1.807) is 74.5 Å². The standard InChI is InChI=1S/C28H21ClN2O6S/c1-3-36-27(35)23-15(2)30-28-31(24(23)19-10-6-7-11-20(19)29)25(32)22(38-28)14-16-12-13-21(37-16)17-8-4-5-9-18(17)26(33)34/h4-14,24H,3H2,1-2H3,(H,33,34)/p-1/b22-14-/t24-/m0/s1. The summed E-state index contributed by atoms with van der Waals surface area (Å²) in [5.74, 6) is -1.23. The Hall–Kier alpha value is -4.21.